The number of anilines is 2. The summed E-state index contributed by atoms with van der Waals surface area (Å²) in [6.45, 7) is 0. The lowest BCUT2D eigenvalue weighted by molar-refractivity contribution is 0.102. The zero-order valence-electron chi connectivity index (χ0n) is 10.6. The van der Waals surface area contributed by atoms with Gasteiger partial charge in [0.25, 0.3) is 5.91 Å². The van der Waals surface area contributed by atoms with Crippen LogP contribution in [0.15, 0.2) is 36.4 Å². The van der Waals surface area contributed by atoms with E-state index in [1.54, 1.807) is 30.3 Å². The third-order valence-electron chi connectivity index (χ3n) is 2.68. The average molecular weight is 311 g/mol. The Hall–Kier alpha value is -1.91. The zero-order chi connectivity index (χ0) is 14.7. The first-order valence-corrected chi connectivity index (χ1v) is 6.47. The predicted octanol–water partition coefficient (Wildman–Crippen LogP) is 3.84. The van der Waals surface area contributed by atoms with Crippen molar-refractivity contribution in [3.63, 3.8) is 0 Å². The third kappa shape index (κ3) is 3.15. The highest BCUT2D eigenvalue weighted by atomic mass is 35.5. The second kappa shape index (κ2) is 6.03. The molecule has 2 aromatic carbocycles. The molecular formula is C14H12Cl2N2O2. The van der Waals surface area contributed by atoms with E-state index in [1.807, 2.05) is 0 Å². The monoisotopic (exact) mass is 310 g/mol. The first-order valence-electron chi connectivity index (χ1n) is 5.71. The maximum Gasteiger partial charge on any atom is 0.257 e. The van der Waals surface area contributed by atoms with Crippen molar-refractivity contribution in [3.8, 4) is 5.75 Å². The number of carbonyl (C=O) groups excluding carboxylic acids is 1. The van der Waals surface area contributed by atoms with Crippen LogP contribution in [0.1, 0.15) is 10.4 Å². The van der Waals surface area contributed by atoms with Crippen molar-refractivity contribution in [3.05, 3.63) is 52.0 Å². The predicted molar refractivity (Wildman–Crippen MR) is 81.8 cm³/mol. The fourth-order valence-corrected chi connectivity index (χ4v) is 1.98. The molecule has 1 amide bonds. The highest BCUT2D eigenvalue weighted by molar-refractivity contribution is 6.34. The largest absolute Gasteiger partial charge is 0.497 e. The van der Waals surface area contributed by atoms with Gasteiger partial charge < -0.3 is 15.8 Å². The SMILES string of the molecule is COc1ccc(Cl)c(NC(=O)c2cc(Cl)ccc2N)c1. The summed E-state index contributed by atoms with van der Waals surface area (Å²) in [6, 6.07) is 9.65. The average Bonchev–Trinajstić information content (AvgIpc) is 2.43. The number of rotatable bonds is 3. The van der Waals surface area contributed by atoms with Gasteiger partial charge in [-0.25, -0.2) is 0 Å². The van der Waals surface area contributed by atoms with Crippen molar-refractivity contribution < 1.29 is 9.53 Å². The molecule has 3 N–H and O–H groups in total. The molecule has 0 saturated heterocycles. The van der Waals surface area contributed by atoms with Crippen LogP contribution in [0.3, 0.4) is 0 Å². The number of amides is 1. The second-order valence-corrected chi connectivity index (χ2v) is 4.88. The van der Waals surface area contributed by atoms with Crippen LogP contribution in [0.25, 0.3) is 0 Å². The molecule has 0 unspecified atom stereocenters. The number of hydrogen-bond donors (Lipinski definition) is 2. The van der Waals surface area contributed by atoms with E-state index in [-0.39, 0.29) is 11.5 Å². The van der Waals surface area contributed by atoms with Crippen molar-refractivity contribution >= 4 is 40.5 Å². The summed E-state index contributed by atoms with van der Waals surface area (Å²) in [7, 11) is 1.53. The van der Waals surface area contributed by atoms with E-state index < -0.39 is 0 Å². The molecule has 0 radical (unpaired) electrons. The quantitative estimate of drug-likeness (QED) is 0.847. The van der Waals surface area contributed by atoms with Gasteiger partial charge in [-0.3, -0.25) is 4.79 Å². The number of carbonyl (C=O) groups is 1. The molecule has 4 nitrogen and oxygen atoms in total. The molecule has 0 saturated carbocycles. The van der Waals surface area contributed by atoms with Crippen molar-refractivity contribution in [1.82, 2.24) is 0 Å². The molecule has 6 heteroatoms. The van der Waals surface area contributed by atoms with Crippen LogP contribution < -0.4 is 15.8 Å². The Morgan fingerprint density at radius 3 is 2.65 bits per heavy atom. The summed E-state index contributed by atoms with van der Waals surface area (Å²) in [4.78, 5) is 12.2. The highest BCUT2D eigenvalue weighted by Gasteiger charge is 2.13. The summed E-state index contributed by atoms with van der Waals surface area (Å²) in [5.41, 5.74) is 6.83. The first-order chi connectivity index (χ1) is 9.51. The van der Waals surface area contributed by atoms with Crippen LogP contribution in [0, 0.1) is 0 Å². The van der Waals surface area contributed by atoms with Crippen LogP contribution in [0.2, 0.25) is 10.0 Å². The maximum absolute atomic E-state index is 12.2. The van der Waals surface area contributed by atoms with E-state index in [0.717, 1.165) is 0 Å². The maximum atomic E-state index is 12.2. The summed E-state index contributed by atoms with van der Waals surface area (Å²) in [5.74, 6) is 0.198. The van der Waals surface area contributed by atoms with E-state index in [0.29, 0.717) is 27.2 Å². The van der Waals surface area contributed by atoms with Crippen LogP contribution in [-0.2, 0) is 0 Å². The van der Waals surface area contributed by atoms with Crippen molar-refractivity contribution in [1.29, 1.82) is 0 Å². The standard InChI is InChI=1S/C14H12Cl2N2O2/c1-20-9-3-4-11(16)13(7-9)18-14(19)10-6-8(15)2-5-12(10)17/h2-7H,17H2,1H3,(H,18,19). The summed E-state index contributed by atoms with van der Waals surface area (Å²) < 4.78 is 5.08. The van der Waals surface area contributed by atoms with Gasteiger partial charge in [0.05, 0.1) is 23.4 Å². The van der Waals surface area contributed by atoms with E-state index in [1.165, 1.54) is 13.2 Å². The number of nitrogens with one attached hydrogen (secondary N) is 1. The lowest BCUT2D eigenvalue weighted by atomic mass is 10.1. The Labute approximate surface area is 126 Å². The molecule has 20 heavy (non-hydrogen) atoms. The lowest BCUT2D eigenvalue weighted by Gasteiger charge is -2.10. The van der Waals surface area contributed by atoms with Gasteiger partial charge in [-0.05, 0) is 30.3 Å². The van der Waals surface area contributed by atoms with Gasteiger partial charge in [-0.1, -0.05) is 23.2 Å². The number of ether oxygens (including phenoxy) is 1. The third-order valence-corrected chi connectivity index (χ3v) is 3.25. The van der Waals surface area contributed by atoms with Crippen molar-refractivity contribution in [2.24, 2.45) is 0 Å². The van der Waals surface area contributed by atoms with E-state index in [2.05, 4.69) is 5.32 Å². The Bertz CT molecular complexity index is 660. The van der Waals surface area contributed by atoms with Gasteiger partial charge in [0.2, 0.25) is 0 Å². The first kappa shape index (κ1) is 14.5. The molecule has 2 aromatic rings. The van der Waals surface area contributed by atoms with Gasteiger partial charge in [0.15, 0.2) is 0 Å². The fourth-order valence-electron chi connectivity index (χ4n) is 1.64. The van der Waals surface area contributed by atoms with Crippen molar-refractivity contribution in [2.75, 3.05) is 18.2 Å². The molecule has 0 spiro atoms. The molecular weight excluding hydrogens is 299 g/mol. The Kier molecular flexibility index (Phi) is 4.37. The summed E-state index contributed by atoms with van der Waals surface area (Å²) in [6.07, 6.45) is 0. The molecule has 104 valence electrons. The van der Waals surface area contributed by atoms with E-state index in [9.17, 15) is 4.79 Å². The second-order valence-electron chi connectivity index (χ2n) is 4.03. The highest BCUT2D eigenvalue weighted by Crippen LogP contribution is 2.28. The number of hydrogen-bond acceptors (Lipinski definition) is 3. The Balaban J connectivity index is 2.30. The number of halogens is 2. The number of nitrogen functional groups attached to an aromatic ring is 1. The van der Waals surface area contributed by atoms with Crippen LogP contribution >= 0.6 is 23.2 Å². The lowest BCUT2D eigenvalue weighted by Crippen LogP contribution is -2.14. The molecule has 0 aliphatic carbocycles. The van der Waals surface area contributed by atoms with E-state index >= 15 is 0 Å². The topological polar surface area (TPSA) is 64.3 Å². The van der Waals surface area contributed by atoms with Gasteiger partial charge in [-0.15, -0.1) is 0 Å². The summed E-state index contributed by atoms with van der Waals surface area (Å²) >= 11 is 11.9. The minimum absolute atomic E-state index is 0.288. The molecule has 0 aromatic heterocycles. The number of methoxy groups -OCH3 is 1. The molecule has 0 atom stereocenters. The molecule has 0 aliphatic rings. The fraction of sp³-hybridized carbons (Fsp3) is 0.0714. The molecule has 0 heterocycles. The van der Waals surface area contributed by atoms with Gasteiger partial charge >= 0.3 is 0 Å². The van der Waals surface area contributed by atoms with Gasteiger partial charge in [0, 0.05) is 16.8 Å². The molecule has 0 aliphatic heterocycles. The van der Waals surface area contributed by atoms with Gasteiger partial charge in [-0.2, -0.15) is 0 Å². The molecule has 0 fully saturated rings. The van der Waals surface area contributed by atoms with Crippen LogP contribution in [-0.4, -0.2) is 13.0 Å². The minimum Gasteiger partial charge on any atom is -0.497 e. The normalized spacial score (nSPS) is 10.2. The Morgan fingerprint density at radius 2 is 1.95 bits per heavy atom. The summed E-state index contributed by atoms with van der Waals surface area (Å²) in [5, 5.41) is 3.51. The van der Waals surface area contributed by atoms with Crippen molar-refractivity contribution in [2.45, 2.75) is 0 Å². The number of nitrogens with two attached hydrogens (primary N) is 1. The minimum atomic E-state index is -0.389. The molecule has 2 rings (SSSR count). The number of benzene rings is 2. The Morgan fingerprint density at radius 1 is 1.20 bits per heavy atom. The molecule has 0 bridgehead atoms. The smallest absolute Gasteiger partial charge is 0.257 e. The van der Waals surface area contributed by atoms with Crippen LogP contribution in [0.5, 0.6) is 5.75 Å². The zero-order valence-corrected chi connectivity index (χ0v) is 12.1. The van der Waals surface area contributed by atoms with E-state index in [4.69, 9.17) is 33.7 Å². The van der Waals surface area contributed by atoms with Gasteiger partial charge in [0.1, 0.15) is 5.75 Å². The van der Waals surface area contributed by atoms with Crippen LogP contribution in [0.4, 0.5) is 11.4 Å².